The van der Waals surface area contributed by atoms with Gasteiger partial charge in [0, 0.05) is 11.5 Å². The molecule has 2 heterocycles. The summed E-state index contributed by atoms with van der Waals surface area (Å²) in [6.07, 6.45) is -0.424. The number of hydrogen-bond acceptors (Lipinski definition) is 5. The largest absolute Gasteiger partial charge is 0.497 e. The van der Waals surface area contributed by atoms with E-state index >= 15 is 0 Å². The number of carbonyl (C=O) groups is 1. The van der Waals surface area contributed by atoms with Gasteiger partial charge >= 0.3 is 5.97 Å². The van der Waals surface area contributed by atoms with Crippen molar-refractivity contribution >= 4 is 5.97 Å². The number of methoxy groups -OCH3 is 1. The number of carboxylic acid groups (broad SMARTS) is 1. The van der Waals surface area contributed by atoms with Crippen molar-refractivity contribution in [3.63, 3.8) is 0 Å². The molecule has 2 aromatic rings. The number of ether oxygens (including phenoxy) is 4. The summed E-state index contributed by atoms with van der Waals surface area (Å²) in [5.41, 5.74) is 1.56. The second-order valence-electron chi connectivity index (χ2n) is 9.53. The van der Waals surface area contributed by atoms with Gasteiger partial charge in [-0.2, -0.15) is 0 Å². The van der Waals surface area contributed by atoms with Gasteiger partial charge in [0.15, 0.2) is 0 Å². The van der Waals surface area contributed by atoms with Gasteiger partial charge in [0.1, 0.15) is 35.6 Å². The van der Waals surface area contributed by atoms with Gasteiger partial charge in [-0.25, -0.2) is 0 Å². The van der Waals surface area contributed by atoms with Crippen molar-refractivity contribution < 1.29 is 28.8 Å². The zero-order valence-corrected chi connectivity index (χ0v) is 19.3. The number of benzene rings is 2. The predicted molar refractivity (Wildman–Crippen MR) is 121 cm³/mol. The quantitative estimate of drug-likeness (QED) is 0.664. The van der Waals surface area contributed by atoms with Gasteiger partial charge in [-0.3, -0.25) is 4.79 Å². The van der Waals surface area contributed by atoms with Crippen LogP contribution in [0.5, 0.6) is 17.2 Å². The fourth-order valence-corrected chi connectivity index (χ4v) is 4.74. The summed E-state index contributed by atoms with van der Waals surface area (Å²) in [7, 11) is 1.62. The highest BCUT2D eigenvalue weighted by molar-refractivity contribution is 5.71. The normalized spacial score (nSPS) is 25.9. The lowest BCUT2D eigenvalue weighted by atomic mass is 9.72. The first-order valence-electron chi connectivity index (χ1n) is 11.2. The minimum Gasteiger partial charge on any atom is -0.497 e. The molecule has 0 aromatic heterocycles. The average Bonchev–Trinajstić information content (AvgIpc) is 2.76. The number of fused-ring (bicyclic) bond motifs is 3. The monoisotopic (exact) mass is 440 g/mol. The molecule has 0 aliphatic carbocycles. The lowest BCUT2D eigenvalue weighted by Gasteiger charge is -2.50. The lowest BCUT2D eigenvalue weighted by Crippen LogP contribution is -2.53. The molecule has 0 unspecified atom stereocenters. The number of aliphatic carboxylic acids is 1. The Kier molecular flexibility index (Phi) is 6.08. The van der Waals surface area contributed by atoms with Gasteiger partial charge < -0.3 is 24.1 Å². The van der Waals surface area contributed by atoms with Gasteiger partial charge in [0.25, 0.3) is 0 Å². The first-order valence-corrected chi connectivity index (χ1v) is 11.2. The molecule has 2 aliphatic rings. The molecule has 0 saturated carbocycles. The molecule has 2 aromatic carbocycles. The summed E-state index contributed by atoms with van der Waals surface area (Å²) in [6, 6.07) is 13.6. The fraction of sp³-hybridized carbons (Fsp3) is 0.500. The smallest absolute Gasteiger partial charge is 0.309 e. The van der Waals surface area contributed by atoms with Gasteiger partial charge in [-0.1, -0.05) is 26.0 Å². The highest BCUT2D eigenvalue weighted by atomic mass is 16.6. The van der Waals surface area contributed by atoms with Crippen LogP contribution in [0.15, 0.2) is 42.5 Å². The summed E-state index contributed by atoms with van der Waals surface area (Å²) >= 11 is 0. The van der Waals surface area contributed by atoms with Crippen molar-refractivity contribution in [2.24, 2.45) is 11.8 Å². The molecule has 2 aliphatic heterocycles. The van der Waals surface area contributed by atoms with Crippen molar-refractivity contribution in [3.8, 4) is 17.2 Å². The Morgan fingerprint density at radius 2 is 1.84 bits per heavy atom. The van der Waals surface area contributed by atoms with E-state index < -0.39 is 23.6 Å². The van der Waals surface area contributed by atoms with Crippen LogP contribution in [-0.2, 0) is 9.53 Å². The Labute approximate surface area is 189 Å². The minimum atomic E-state index is -0.876. The number of hydrogen-bond donors (Lipinski definition) is 1. The summed E-state index contributed by atoms with van der Waals surface area (Å²) in [6.45, 7) is 8.44. The summed E-state index contributed by atoms with van der Waals surface area (Å²) in [4.78, 5) is 12.1. The second-order valence-corrected chi connectivity index (χ2v) is 9.53. The van der Waals surface area contributed by atoms with Crippen molar-refractivity contribution in [1.82, 2.24) is 0 Å². The second kappa shape index (κ2) is 8.66. The number of carboxylic acids is 1. The van der Waals surface area contributed by atoms with Crippen LogP contribution in [-0.4, -0.2) is 36.5 Å². The Hall–Kier alpha value is -2.73. The SMILES string of the molecule is COc1ccc2c(c1)[C@H]1O[C@@H](COc3ccc(C(C)C)cc3)[C@@H](C(=O)O)C[C@@H]1C(C)(C)O2. The van der Waals surface area contributed by atoms with Gasteiger partial charge in [0.05, 0.1) is 19.1 Å². The topological polar surface area (TPSA) is 74.2 Å². The first kappa shape index (κ1) is 22.5. The summed E-state index contributed by atoms with van der Waals surface area (Å²) in [5.74, 6) is 0.944. The minimum absolute atomic E-state index is 0.107. The van der Waals surface area contributed by atoms with Crippen LogP contribution in [0.3, 0.4) is 0 Å². The van der Waals surface area contributed by atoms with Gasteiger partial charge in [-0.15, -0.1) is 0 Å². The van der Waals surface area contributed by atoms with Crippen LogP contribution in [0.2, 0.25) is 0 Å². The van der Waals surface area contributed by atoms with Crippen molar-refractivity contribution in [1.29, 1.82) is 0 Å². The van der Waals surface area contributed by atoms with Crippen molar-refractivity contribution in [2.75, 3.05) is 13.7 Å². The van der Waals surface area contributed by atoms with E-state index in [9.17, 15) is 9.90 Å². The van der Waals surface area contributed by atoms with Crippen LogP contribution in [0, 0.1) is 11.8 Å². The molecule has 0 amide bonds. The molecule has 32 heavy (non-hydrogen) atoms. The highest BCUT2D eigenvalue weighted by Gasteiger charge is 2.52. The van der Waals surface area contributed by atoms with E-state index in [1.54, 1.807) is 7.11 Å². The van der Waals surface area contributed by atoms with E-state index in [1.807, 2.05) is 56.3 Å². The Balaban J connectivity index is 1.58. The van der Waals surface area contributed by atoms with Crippen molar-refractivity contribution in [2.45, 2.75) is 57.8 Å². The first-order chi connectivity index (χ1) is 15.2. The molecule has 0 bridgehead atoms. The molecule has 6 nitrogen and oxygen atoms in total. The molecule has 4 atom stereocenters. The maximum absolute atomic E-state index is 12.1. The van der Waals surface area contributed by atoms with Crippen LogP contribution in [0.4, 0.5) is 0 Å². The molecule has 0 spiro atoms. The molecule has 4 rings (SSSR count). The highest BCUT2D eigenvalue weighted by Crippen LogP contribution is 2.52. The van der Waals surface area contributed by atoms with E-state index in [4.69, 9.17) is 18.9 Å². The van der Waals surface area contributed by atoms with E-state index in [0.29, 0.717) is 23.8 Å². The standard InChI is InChI=1S/C26H32O6/c1-15(2)16-6-8-17(9-7-16)30-14-23-20(25(27)28)13-21-24(31-23)19-12-18(29-5)10-11-22(19)32-26(21,3)4/h6-12,15,20-21,23-24H,13-14H2,1-5H3,(H,27,28)/t20-,21-,23-,24+/m0/s1. The zero-order valence-electron chi connectivity index (χ0n) is 19.3. The molecular weight excluding hydrogens is 408 g/mol. The third kappa shape index (κ3) is 4.29. The average molecular weight is 441 g/mol. The van der Waals surface area contributed by atoms with Crippen LogP contribution < -0.4 is 14.2 Å². The van der Waals surface area contributed by atoms with E-state index in [0.717, 1.165) is 11.3 Å². The van der Waals surface area contributed by atoms with E-state index in [2.05, 4.69) is 13.8 Å². The van der Waals surface area contributed by atoms with Crippen LogP contribution in [0.1, 0.15) is 57.3 Å². The van der Waals surface area contributed by atoms with Gasteiger partial charge in [-0.05, 0) is 62.1 Å². The lowest BCUT2D eigenvalue weighted by molar-refractivity contribution is -0.192. The Bertz CT molecular complexity index is 965. The number of rotatable bonds is 6. The molecule has 1 saturated heterocycles. The van der Waals surface area contributed by atoms with Crippen LogP contribution in [0.25, 0.3) is 0 Å². The third-order valence-corrected chi connectivity index (χ3v) is 6.71. The fourth-order valence-electron chi connectivity index (χ4n) is 4.74. The van der Waals surface area contributed by atoms with E-state index in [-0.39, 0.29) is 18.6 Å². The van der Waals surface area contributed by atoms with Crippen molar-refractivity contribution in [3.05, 3.63) is 53.6 Å². The van der Waals surface area contributed by atoms with E-state index in [1.165, 1.54) is 5.56 Å². The van der Waals surface area contributed by atoms with Gasteiger partial charge in [0.2, 0.25) is 0 Å². The summed E-state index contributed by atoms with van der Waals surface area (Å²) in [5, 5.41) is 9.94. The molecular formula is C26H32O6. The molecule has 6 heteroatoms. The predicted octanol–water partition coefficient (Wildman–Crippen LogP) is 5.22. The molecule has 1 N–H and O–H groups in total. The maximum Gasteiger partial charge on any atom is 0.309 e. The maximum atomic E-state index is 12.1. The Morgan fingerprint density at radius 3 is 2.47 bits per heavy atom. The Morgan fingerprint density at radius 1 is 1.16 bits per heavy atom. The third-order valence-electron chi connectivity index (χ3n) is 6.71. The molecule has 0 radical (unpaired) electrons. The molecule has 172 valence electrons. The summed E-state index contributed by atoms with van der Waals surface area (Å²) < 4.78 is 24.1. The molecule has 1 fully saturated rings. The van der Waals surface area contributed by atoms with Crippen LogP contribution >= 0.6 is 0 Å². The zero-order chi connectivity index (χ0) is 23.0.